The topological polar surface area (TPSA) is 45.5 Å². The Bertz CT molecular complexity index is 573. The quantitative estimate of drug-likeness (QED) is 0.671. The van der Waals surface area contributed by atoms with Crippen molar-refractivity contribution in [2.24, 2.45) is 12.0 Å². The van der Waals surface area contributed by atoms with Gasteiger partial charge in [0.15, 0.2) is 5.96 Å². The summed E-state index contributed by atoms with van der Waals surface area (Å²) in [4.78, 5) is 10.8. The van der Waals surface area contributed by atoms with Crippen LogP contribution in [0.5, 0.6) is 0 Å². The van der Waals surface area contributed by atoms with E-state index in [1.165, 1.54) is 5.69 Å². The van der Waals surface area contributed by atoms with Gasteiger partial charge in [-0.15, -0.1) is 0 Å². The Morgan fingerprint density at radius 3 is 2.81 bits per heavy atom. The molecule has 0 spiro atoms. The molecule has 0 aliphatic carbocycles. The van der Waals surface area contributed by atoms with Crippen molar-refractivity contribution in [1.82, 2.24) is 19.8 Å². The molecule has 0 fully saturated rings. The van der Waals surface area contributed by atoms with Crippen LogP contribution in [0.3, 0.4) is 0 Å². The second kappa shape index (κ2) is 7.47. The molecular weight excluding hydrogens is 262 g/mol. The molecule has 0 saturated carbocycles. The Hall–Kier alpha value is -2.30. The third-order valence-electron chi connectivity index (χ3n) is 3.41. The van der Waals surface area contributed by atoms with Crippen molar-refractivity contribution in [2.45, 2.75) is 13.0 Å². The number of guanidine groups is 1. The minimum atomic E-state index is 0.821. The van der Waals surface area contributed by atoms with E-state index in [0.29, 0.717) is 0 Å². The van der Waals surface area contributed by atoms with E-state index < -0.39 is 0 Å². The minimum absolute atomic E-state index is 0.821. The zero-order valence-electron chi connectivity index (χ0n) is 13.0. The van der Waals surface area contributed by atoms with Crippen LogP contribution in [-0.4, -0.2) is 41.1 Å². The van der Waals surface area contributed by atoms with Gasteiger partial charge in [0.2, 0.25) is 0 Å². The molecule has 0 unspecified atom stereocenters. The number of nitrogens with zero attached hydrogens (tertiary/aromatic N) is 4. The summed E-state index contributed by atoms with van der Waals surface area (Å²) < 4.78 is 2.12. The van der Waals surface area contributed by atoms with Gasteiger partial charge in [0.1, 0.15) is 0 Å². The second-order valence-electron chi connectivity index (χ2n) is 5.01. The predicted molar refractivity (Wildman–Crippen MR) is 86.2 cm³/mol. The number of rotatable bonds is 5. The summed E-state index contributed by atoms with van der Waals surface area (Å²) in [6, 6.07) is 10.2. The molecule has 0 aliphatic rings. The first kappa shape index (κ1) is 15.1. The molecule has 0 radical (unpaired) electrons. The Morgan fingerprint density at radius 1 is 1.33 bits per heavy atom. The van der Waals surface area contributed by atoms with Gasteiger partial charge in [-0.05, 0) is 24.3 Å². The van der Waals surface area contributed by atoms with E-state index in [0.717, 1.165) is 31.2 Å². The smallest absolute Gasteiger partial charge is 0.193 e. The summed E-state index contributed by atoms with van der Waals surface area (Å²) >= 11 is 0. The highest BCUT2D eigenvalue weighted by atomic mass is 15.3. The van der Waals surface area contributed by atoms with Gasteiger partial charge in [-0.2, -0.15) is 0 Å². The average molecular weight is 285 g/mol. The van der Waals surface area contributed by atoms with Crippen LogP contribution in [0.4, 0.5) is 0 Å². The first-order valence-electron chi connectivity index (χ1n) is 7.12. The lowest BCUT2D eigenvalue weighted by molar-refractivity contribution is 0.462. The van der Waals surface area contributed by atoms with Gasteiger partial charge in [0.25, 0.3) is 0 Å². The first-order chi connectivity index (χ1) is 10.2. The van der Waals surface area contributed by atoms with Crippen molar-refractivity contribution < 1.29 is 0 Å². The lowest BCUT2D eigenvalue weighted by atomic mass is 10.3. The van der Waals surface area contributed by atoms with Crippen molar-refractivity contribution in [1.29, 1.82) is 0 Å². The number of aliphatic imine (C=N–C) groups is 1. The minimum Gasteiger partial charge on any atom is -0.356 e. The van der Waals surface area contributed by atoms with Gasteiger partial charge < -0.3 is 14.8 Å². The van der Waals surface area contributed by atoms with Crippen LogP contribution < -0.4 is 5.32 Å². The van der Waals surface area contributed by atoms with E-state index in [1.54, 1.807) is 0 Å². The van der Waals surface area contributed by atoms with Crippen LogP contribution in [-0.2, 0) is 20.0 Å². The third kappa shape index (κ3) is 4.34. The number of hydrogen-bond acceptors (Lipinski definition) is 2. The SMILES string of the molecule is CN=C(NCCc1ccccn1)N(C)Cc1cccn1C. The average Bonchev–Trinajstić information content (AvgIpc) is 2.90. The fourth-order valence-corrected chi connectivity index (χ4v) is 2.21. The predicted octanol–water partition coefficient (Wildman–Crippen LogP) is 1.67. The highest BCUT2D eigenvalue weighted by Gasteiger charge is 2.07. The molecule has 0 amide bonds. The van der Waals surface area contributed by atoms with Crippen LogP contribution in [0.2, 0.25) is 0 Å². The molecule has 2 rings (SSSR count). The van der Waals surface area contributed by atoms with Crippen LogP contribution in [0.15, 0.2) is 47.7 Å². The molecular formula is C16H23N5. The number of pyridine rings is 1. The zero-order valence-corrected chi connectivity index (χ0v) is 13.0. The molecule has 0 atom stereocenters. The van der Waals surface area contributed by atoms with Gasteiger partial charge in [0.05, 0.1) is 6.54 Å². The summed E-state index contributed by atoms with van der Waals surface area (Å²) in [5.41, 5.74) is 2.34. The van der Waals surface area contributed by atoms with Gasteiger partial charge in [-0.1, -0.05) is 6.07 Å². The maximum Gasteiger partial charge on any atom is 0.193 e. The molecule has 112 valence electrons. The van der Waals surface area contributed by atoms with Gasteiger partial charge in [-0.3, -0.25) is 9.98 Å². The van der Waals surface area contributed by atoms with E-state index in [1.807, 2.05) is 38.5 Å². The summed E-state index contributed by atoms with van der Waals surface area (Å²) in [5, 5.41) is 3.38. The molecule has 0 aromatic carbocycles. The van der Waals surface area contributed by atoms with Gasteiger partial charge >= 0.3 is 0 Å². The molecule has 0 saturated heterocycles. The van der Waals surface area contributed by atoms with E-state index in [4.69, 9.17) is 0 Å². The summed E-state index contributed by atoms with van der Waals surface area (Å²) in [7, 11) is 5.91. The fraction of sp³-hybridized carbons (Fsp3) is 0.375. The Kier molecular flexibility index (Phi) is 5.37. The molecule has 5 heteroatoms. The Labute approximate surface area is 126 Å². The highest BCUT2D eigenvalue weighted by Crippen LogP contribution is 2.03. The second-order valence-corrected chi connectivity index (χ2v) is 5.01. The zero-order chi connectivity index (χ0) is 15.1. The lowest BCUT2D eigenvalue weighted by Gasteiger charge is -2.22. The fourth-order valence-electron chi connectivity index (χ4n) is 2.21. The molecule has 1 N–H and O–H groups in total. The number of nitrogens with one attached hydrogen (secondary N) is 1. The normalized spacial score (nSPS) is 11.5. The first-order valence-corrected chi connectivity index (χ1v) is 7.12. The largest absolute Gasteiger partial charge is 0.356 e. The van der Waals surface area contributed by atoms with E-state index in [9.17, 15) is 0 Å². The van der Waals surface area contributed by atoms with Crippen LogP contribution >= 0.6 is 0 Å². The molecule has 2 aromatic rings. The van der Waals surface area contributed by atoms with E-state index in [-0.39, 0.29) is 0 Å². The van der Waals surface area contributed by atoms with Crippen molar-refractivity contribution in [3.8, 4) is 0 Å². The van der Waals surface area contributed by atoms with Crippen molar-refractivity contribution in [2.75, 3.05) is 20.6 Å². The van der Waals surface area contributed by atoms with Crippen LogP contribution in [0.1, 0.15) is 11.4 Å². The highest BCUT2D eigenvalue weighted by molar-refractivity contribution is 5.79. The van der Waals surface area contributed by atoms with Crippen molar-refractivity contribution in [3.05, 3.63) is 54.1 Å². The summed E-state index contributed by atoms with van der Waals surface area (Å²) in [5.74, 6) is 0.895. The maximum atomic E-state index is 4.33. The molecule has 2 aromatic heterocycles. The van der Waals surface area contributed by atoms with Crippen molar-refractivity contribution in [3.63, 3.8) is 0 Å². The van der Waals surface area contributed by atoms with Crippen molar-refractivity contribution >= 4 is 5.96 Å². The van der Waals surface area contributed by atoms with E-state index in [2.05, 4.69) is 50.1 Å². The molecule has 21 heavy (non-hydrogen) atoms. The van der Waals surface area contributed by atoms with Crippen LogP contribution in [0, 0.1) is 0 Å². The maximum absolute atomic E-state index is 4.33. The van der Waals surface area contributed by atoms with Crippen LogP contribution in [0.25, 0.3) is 0 Å². The van der Waals surface area contributed by atoms with Gasteiger partial charge in [0, 0.05) is 57.9 Å². The number of aromatic nitrogens is 2. The Balaban J connectivity index is 1.84. The third-order valence-corrected chi connectivity index (χ3v) is 3.41. The number of aryl methyl sites for hydroxylation is 1. The molecule has 2 heterocycles. The molecule has 5 nitrogen and oxygen atoms in total. The molecule has 0 bridgehead atoms. The lowest BCUT2D eigenvalue weighted by Crippen LogP contribution is -2.39. The van der Waals surface area contributed by atoms with E-state index >= 15 is 0 Å². The summed E-state index contributed by atoms with van der Waals surface area (Å²) in [6.07, 6.45) is 4.77. The molecule has 0 aliphatic heterocycles. The standard InChI is InChI=1S/C16H23N5/c1-17-16(19-11-9-14-7-4-5-10-18-14)21(3)13-15-8-6-12-20(15)2/h4-8,10,12H,9,11,13H2,1-3H3,(H,17,19). The monoisotopic (exact) mass is 285 g/mol. The summed E-state index contributed by atoms with van der Waals surface area (Å²) in [6.45, 7) is 1.65. The number of hydrogen-bond donors (Lipinski definition) is 1. The van der Waals surface area contributed by atoms with Gasteiger partial charge in [-0.25, -0.2) is 0 Å². The Morgan fingerprint density at radius 2 is 2.19 bits per heavy atom.